The molecule has 8 nitrogen and oxygen atoms in total. The Morgan fingerprint density at radius 1 is 1.23 bits per heavy atom. The molecular weight excluding hydrogens is 354 g/mol. The van der Waals surface area contributed by atoms with Crippen LogP contribution in [0.3, 0.4) is 0 Å². The zero-order valence-corrected chi connectivity index (χ0v) is 15.6. The summed E-state index contributed by atoms with van der Waals surface area (Å²) in [5.41, 5.74) is 0.929. The minimum absolute atomic E-state index is 0.0479. The first kappa shape index (κ1) is 18.4. The van der Waals surface area contributed by atoms with Gasteiger partial charge in [-0.05, 0) is 25.0 Å². The van der Waals surface area contributed by atoms with Crippen molar-refractivity contribution >= 4 is 23.6 Å². The summed E-state index contributed by atoms with van der Waals surface area (Å²) in [6.07, 6.45) is 4.72. The first-order valence-corrected chi connectivity index (χ1v) is 9.37. The molecule has 26 heavy (non-hydrogen) atoms. The van der Waals surface area contributed by atoms with Crippen molar-refractivity contribution in [1.29, 1.82) is 0 Å². The number of nitrogens with zero attached hydrogens (tertiary/aromatic N) is 5. The van der Waals surface area contributed by atoms with E-state index in [0.717, 1.165) is 11.4 Å². The van der Waals surface area contributed by atoms with Crippen LogP contribution >= 0.6 is 11.8 Å². The summed E-state index contributed by atoms with van der Waals surface area (Å²) in [6, 6.07) is 3.74. The highest BCUT2D eigenvalue weighted by Gasteiger charge is 2.28. The van der Waals surface area contributed by atoms with Gasteiger partial charge in [-0.1, -0.05) is 11.8 Å². The average Bonchev–Trinajstić information content (AvgIpc) is 3.06. The van der Waals surface area contributed by atoms with Crippen molar-refractivity contribution in [1.82, 2.24) is 24.6 Å². The van der Waals surface area contributed by atoms with E-state index in [4.69, 9.17) is 4.74 Å². The minimum Gasteiger partial charge on any atom is -0.469 e. The zero-order valence-electron chi connectivity index (χ0n) is 14.8. The van der Waals surface area contributed by atoms with E-state index < -0.39 is 0 Å². The Labute approximate surface area is 155 Å². The molecule has 1 aliphatic heterocycles. The Hall–Kier alpha value is -2.42. The Morgan fingerprint density at radius 3 is 2.58 bits per heavy atom. The number of rotatable bonds is 5. The van der Waals surface area contributed by atoms with Crippen molar-refractivity contribution in [3.8, 4) is 11.4 Å². The number of thioether (sulfide) groups is 1. The molecule has 2 aromatic rings. The van der Waals surface area contributed by atoms with Crippen LogP contribution in [0.2, 0.25) is 0 Å². The van der Waals surface area contributed by atoms with Crippen LogP contribution in [0.4, 0.5) is 0 Å². The zero-order chi connectivity index (χ0) is 18.5. The van der Waals surface area contributed by atoms with E-state index in [1.807, 2.05) is 23.7 Å². The molecule has 1 fully saturated rings. The fraction of sp³-hybridized carbons (Fsp3) is 0.471. The van der Waals surface area contributed by atoms with E-state index >= 15 is 0 Å². The van der Waals surface area contributed by atoms with Crippen molar-refractivity contribution in [3.63, 3.8) is 0 Å². The number of hydrogen-bond acceptors (Lipinski definition) is 7. The van der Waals surface area contributed by atoms with Crippen LogP contribution in [0, 0.1) is 5.92 Å². The van der Waals surface area contributed by atoms with Crippen molar-refractivity contribution in [2.75, 3.05) is 26.0 Å². The highest BCUT2D eigenvalue weighted by Crippen LogP contribution is 2.24. The highest BCUT2D eigenvalue weighted by molar-refractivity contribution is 7.99. The van der Waals surface area contributed by atoms with Gasteiger partial charge in [-0.3, -0.25) is 14.6 Å². The van der Waals surface area contributed by atoms with E-state index in [0.29, 0.717) is 36.8 Å². The number of esters is 1. The third-order valence-corrected chi connectivity index (χ3v) is 5.49. The molecule has 3 heterocycles. The highest BCUT2D eigenvalue weighted by atomic mass is 32.2. The summed E-state index contributed by atoms with van der Waals surface area (Å²) in [7, 11) is 3.28. The molecule has 2 aromatic heterocycles. The van der Waals surface area contributed by atoms with Crippen LogP contribution in [-0.4, -0.2) is 62.5 Å². The maximum Gasteiger partial charge on any atom is 0.308 e. The number of aromatic nitrogens is 4. The van der Waals surface area contributed by atoms with E-state index in [-0.39, 0.29) is 17.8 Å². The molecule has 1 amide bonds. The number of piperidine rings is 1. The number of methoxy groups -OCH3 is 1. The van der Waals surface area contributed by atoms with E-state index in [1.54, 1.807) is 17.3 Å². The molecule has 0 aromatic carbocycles. The van der Waals surface area contributed by atoms with E-state index in [1.165, 1.54) is 18.9 Å². The third kappa shape index (κ3) is 4.04. The number of carbonyl (C=O) groups is 2. The predicted molar refractivity (Wildman–Crippen MR) is 96.3 cm³/mol. The van der Waals surface area contributed by atoms with Gasteiger partial charge in [0.25, 0.3) is 0 Å². The van der Waals surface area contributed by atoms with E-state index in [2.05, 4.69) is 15.2 Å². The van der Waals surface area contributed by atoms with Crippen LogP contribution in [0.1, 0.15) is 12.8 Å². The quantitative estimate of drug-likeness (QED) is 0.576. The Kier molecular flexibility index (Phi) is 5.87. The first-order chi connectivity index (χ1) is 12.6. The molecule has 1 aliphatic rings. The molecule has 3 rings (SSSR count). The summed E-state index contributed by atoms with van der Waals surface area (Å²) < 4.78 is 6.65. The predicted octanol–water partition coefficient (Wildman–Crippen LogP) is 1.38. The lowest BCUT2D eigenvalue weighted by Gasteiger charge is -2.30. The number of carbonyl (C=O) groups excluding carboxylic acids is 2. The van der Waals surface area contributed by atoms with Crippen LogP contribution < -0.4 is 0 Å². The standard InChI is InChI=1S/C17H21N5O3S/c1-21-15(12-3-7-18-8-4-12)19-20-17(21)26-11-14(23)22-9-5-13(6-10-22)16(24)25-2/h3-4,7-8,13H,5-6,9-11H2,1-2H3. The van der Waals surface area contributed by atoms with Gasteiger partial charge in [-0.15, -0.1) is 10.2 Å². The molecule has 0 radical (unpaired) electrons. The second-order valence-electron chi connectivity index (χ2n) is 6.07. The maximum absolute atomic E-state index is 12.4. The van der Waals surface area contributed by atoms with Crippen LogP contribution in [0.25, 0.3) is 11.4 Å². The molecule has 0 bridgehead atoms. The molecule has 9 heteroatoms. The normalized spacial score (nSPS) is 15.1. The van der Waals surface area contributed by atoms with Gasteiger partial charge in [-0.2, -0.15) is 0 Å². The molecule has 0 N–H and O–H groups in total. The van der Waals surface area contributed by atoms with Crippen molar-refractivity contribution < 1.29 is 14.3 Å². The lowest BCUT2D eigenvalue weighted by atomic mass is 9.97. The summed E-state index contributed by atoms with van der Waals surface area (Å²) in [6.45, 7) is 1.17. The number of hydrogen-bond donors (Lipinski definition) is 0. The second-order valence-corrected chi connectivity index (χ2v) is 7.01. The SMILES string of the molecule is COC(=O)C1CCN(C(=O)CSc2nnc(-c3ccncc3)n2C)CC1. The summed E-state index contributed by atoms with van der Waals surface area (Å²) >= 11 is 1.37. The molecule has 0 aliphatic carbocycles. The summed E-state index contributed by atoms with van der Waals surface area (Å²) in [4.78, 5) is 29.8. The second kappa shape index (κ2) is 8.31. The smallest absolute Gasteiger partial charge is 0.308 e. The molecule has 0 atom stereocenters. The van der Waals surface area contributed by atoms with Gasteiger partial charge in [0.05, 0.1) is 18.8 Å². The monoisotopic (exact) mass is 375 g/mol. The van der Waals surface area contributed by atoms with Gasteiger partial charge in [0.15, 0.2) is 11.0 Å². The minimum atomic E-state index is -0.186. The Bertz CT molecular complexity index is 772. The topological polar surface area (TPSA) is 90.2 Å². The van der Waals surface area contributed by atoms with Crippen molar-refractivity contribution in [2.45, 2.75) is 18.0 Å². The number of likely N-dealkylation sites (tertiary alicyclic amines) is 1. The number of amides is 1. The number of pyridine rings is 1. The summed E-state index contributed by atoms with van der Waals surface area (Å²) in [5.74, 6) is 0.797. The van der Waals surface area contributed by atoms with Crippen LogP contribution in [0.15, 0.2) is 29.7 Å². The van der Waals surface area contributed by atoms with E-state index in [9.17, 15) is 9.59 Å². The number of ether oxygens (including phenoxy) is 1. The maximum atomic E-state index is 12.4. The van der Waals surface area contributed by atoms with Crippen LogP contribution in [0.5, 0.6) is 0 Å². The largest absolute Gasteiger partial charge is 0.469 e. The molecule has 138 valence electrons. The molecule has 1 saturated heterocycles. The van der Waals surface area contributed by atoms with Gasteiger partial charge < -0.3 is 14.2 Å². The fourth-order valence-corrected chi connectivity index (χ4v) is 3.76. The molecule has 0 saturated carbocycles. The van der Waals surface area contributed by atoms with Crippen molar-refractivity contribution in [2.24, 2.45) is 13.0 Å². The molecular formula is C17H21N5O3S. The lowest BCUT2D eigenvalue weighted by molar-refractivity contribution is -0.148. The molecule has 0 unspecified atom stereocenters. The van der Waals surface area contributed by atoms with Gasteiger partial charge in [-0.25, -0.2) is 0 Å². The fourth-order valence-electron chi connectivity index (χ4n) is 2.94. The lowest BCUT2D eigenvalue weighted by Crippen LogP contribution is -2.41. The average molecular weight is 375 g/mol. The Morgan fingerprint density at radius 2 is 1.92 bits per heavy atom. The Balaban J connectivity index is 1.54. The first-order valence-electron chi connectivity index (χ1n) is 8.38. The van der Waals surface area contributed by atoms with Gasteiger partial charge in [0.2, 0.25) is 5.91 Å². The van der Waals surface area contributed by atoms with Gasteiger partial charge in [0, 0.05) is 38.1 Å². The van der Waals surface area contributed by atoms with Crippen molar-refractivity contribution in [3.05, 3.63) is 24.5 Å². The van der Waals surface area contributed by atoms with Crippen LogP contribution in [-0.2, 0) is 21.4 Å². The van der Waals surface area contributed by atoms with Gasteiger partial charge >= 0.3 is 5.97 Å². The molecule has 0 spiro atoms. The van der Waals surface area contributed by atoms with Gasteiger partial charge in [0.1, 0.15) is 0 Å². The third-order valence-electron chi connectivity index (χ3n) is 4.48. The summed E-state index contributed by atoms with van der Waals surface area (Å²) in [5, 5.41) is 9.07.